The molecule has 0 spiro atoms. The van der Waals surface area contributed by atoms with Crippen LogP contribution in [0.1, 0.15) is 0 Å². The summed E-state index contributed by atoms with van der Waals surface area (Å²) in [7, 11) is 0.306. The molecule has 1 heterocycles. The second kappa shape index (κ2) is 6.33. The van der Waals surface area contributed by atoms with Crippen LogP contribution in [0.4, 0.5) is 0 Å². The minimum Gasteiger partial charge on any atom is -0.442 e. The Balaban J connectivity index is 0.000000222. The Morgan fingerprint density at radius 1 is 1.00 bits per heavy atom. The number of pyridine rings is 1. The molecular formula is C5H9NOSi. The molecule has 1 aromatic rings. The van der Waals surface area contributed by atoms with Crippen LogP contribution in [0, 0.1) is 0 Å². The molecule has 1 rings (SSSR count). The normalized spacial score (nSPS) is 7.12. The number of hydrogen-bond acceptors (Lipinski definition) is 2. The molecule has 0 aliphatic carbocycles. The Morgan fingerprint density at radius 3 is 1.62 bits per heavy atom. The van der Waals surface area contributed by atoms with E-state index in [1.165, 1.54) is 0 Å². The lowest BCUT2D eigenvalue weighted by Gasteiger charge is -1.70. The third-order valence-electron chi connectivity index (χ3n) is 0.566. The van der Waals surface area contributed by atoms with Gasteiger partial charge in [0.1, 0.15) is 10.5 Å². The summed E-state index contributed by atoms with van der Waals surface area (Å²) < 4.78 is 0. The van der Waals surface area contributed by atoms with E-state index in [1.54, 1.807) is 12.4 Å². The summed E-state index contributed by atoms with van der Waals surface area (Å²) in [5, 5.41) is 0. The maximum Gasteiger partial charge on any atom is 0.141 e. The minimum atomic E-state index is 0.306. The molecule has 0 aliphatic heterocycles. The predicted molar refractivity (Wildman–Crippen MR) is 36.4 cm³/mol. The lowest BCUT2D eigenvalue weighted by atomic mass is 10.5. The van der Waals surface area contributed by atoms with E-state index >= 15 is 0 Å². The molecule has 0 aromatic carbocycles. The molecule has 3 heteroatoms. The van der Waals surface area contributed by atoms with Crippen molar-refractivity contribution in [3.63, 3.8) is 0 Å². The molecule has 0 atom stereocenters. The first-order chi connectivity index (χ1) is 4.00. The van der Waals surface area contributed by atoms with Crippen molar-refractivity contribution in [2.45, 2.75) is 0 Å². The SMILES string of the molecule is O[SiH3].c1ccncc1. The molecule has 0 aliphatic rings. The van der Waals surface area contributed by atoms with Gasteiger partial charge in [-0.25, -0.2) is 0 Å². The van der Waals surface area contributed by atoms with Gasteiger partial charge in [0.05, 0.1) is 0 Å². The van der Waals surface area contributed by atoms with E-state index in [9.17, 15) is 0 Å². The summed E-state index contributed by atoms with van der Waals surface area (Å²) in [6, 6.07) is 5.72. The van der Waals surface area contributed by atoms with Gasteiger partial charge in [0.25, 0.3) is 0 Å². The standard InChI is InChI=1S/C5H5N.H4OSi/c1-2-4-6-5-3-1;1-2/h1-5H;1H,2H3. The van der Waals surface area contributed by atoms with Crippen molar-refractivity contribution in [3.05, 3.63) is 30.6 Å². The van der Waals surface area contributed by atoms with Crippen molar-refractivity contribution in [2.24, 2.45) is 0 Å². The molecule has 0 unspecified atom stereocenters. The fourth-order valence-corrected chi connectivity index (χ4v) is 0.313. The molecule has 1 aromatic heterocycles. The summed E-state index contributed by atoms with van der Waals surface area (Å²) in [5.41, 5.74) is 0. The highest BCUT2D eigenvalue weighted by atomic mass is 28.2. The van der Waals surface area contributed by atoms with Crippen molar-refractivity contribution in [1.29, 1.82) is 0 Å². The van der Waals surface area contributed by atoms with E-state index in [1.807, 2.05) is 18.2 Å². The van der Waals surface area contributed by atoms with Crippen LogP contribution in [0.2, 0.25) is 0 Å². The van der Waals surface area contributed by atoms with Crippen molar-refractivity contribution in [2.75, 3.05) is 0 Å². The molecular weight excluding hydrogens is 118 g/mol. The summed E-state index contributed by atoms with van der Waals surface area (Å²) >= 11 is 0. The van der Waals surface area contributed by atoms with Crippen LogP contribution in [-0.4, -0.2) is 20.3 Å². The molecule has 44 valence electrons. The van der Waals surface area contributed by atoms with Gasteiger partial charge in [-0.3, -0.25) is 4.98 Å². The highest BCUT2D eigenvalue weighted by Gasteiger charge is 1.58. The van der Waals surface area contributed by atoms with Gasteiger partial charge in [-0.15, -0.1) is 0 Å². The molecule has 0 amide bonds. The highest BCUT2D eigenvalue weighted by Crippen LogP contribution is 1.73. The van der Waals surface area contributed by atoms with Crippen molar-refractivity contribution < 1.29 is 4.80 Å². The third-order valence-corrected chi connectivity index (χ3v) is 0.566. The van der Waals surface area contributed by atoms with Gasteiger partial charge < -0.3 is 4.80 Å². The molecule has 2 nitrogen and oxygen atoms in total. The van der Waals surface area contributed by atoms with Crippen molar-refractivity contribution in [3.8, 4) is 0 Å². The quantitative estimate of drug-likeness (QED) is 0.469. The van der Waals surface area contributed by atoms with E-state index < -0.39 is 0 Å². The van der Waals surface area contributed by atoms with Crippen LogP contribution < -0.4 is 0 Å². The van der Waals surface area contributed by atoms with Crippen LogP contribution in [0.25, 0.3) is 0 Å². The largest absolute Gasteiger partial charge is 0.442 e. The maximum atomic E-state index is 7.14. The van der Waals surface area contributed by atoms with E-state index in [0.29, 0.717) is 10.5 Å². The lowest BCUT2D eigenvalue weighted by Crippen LogP contribution is -1.58. The summed E-state index contributed by atoms with van der Waals surface area (Å²) in [5.74, 6) is 0. The van der Waals surface area contributed by atoms with E-state index in [2.05, 4.69) is 4.98 Å². The second-order valence-electron chi connectivity index (χ2n) is 1.02. The molecule has 0 fully saturated rings. The summed E-state index contributed by atoms with van der Waals surface area (Å²) in [6.07, 6.45) is 3.50. The first kappa shape index (κ1) is 7.33. The van der Waals surface area contributed by atoms with Gasteiger partial charge in [-0.05, 0) is 12.1 Å². The van der Waals surface area contributed by atoms with Crippen LogP contribution in [0.3, 0.4) is 0 Å². The Morgan fingerprint density at radius 2 is 1.50 bits per heavy atom. The molecule has 0 saturated heterocycles. The number of aromatic nitrogens is 1. The molecule has 0 saturated carbocycles. The Labute approximate surface area is 51.7 Å². The van der Waals surface area contributed by atoms with Gasteiger partial charge >= 0.3 is 0 Å². The number of rotatable bonds is 0. The Kier molecular flexibility index (Phi) is 5.79. The van der Waals surface area contributed by atoms with E-state index in [4.69, 9.17) is 4.80 Å². The monoisotopic (exact) mass is 127 g/mol. The fraction of sp³-hybridized carbons (Fsp3) is 0. The average molecular weight is 127 g/mol. The van der Waals surface area contributed by atoms with E-state index in [0.717, 1.165) is 0 Å². The Hall–Kier alpha value is -0.673. The van der Waals surface area contributed by atoms with Gasteiger partial charge in [-0.2, -0.15) is 0 Å². The average Bonchev–Trinajstić information content (AvgIpc) is 1.96. The van der Waals surface area contributed by atoms with Gasteiger partial charge in [0.15, 0.2) is 0 Å². The second-order valence-corrected chi connectivity index (χ2v) is 1.02. The predicted octanol–water partition coefficient (Wildman–Crippen LogP) is -0.659. The highest BCUT2D eigenvalue weighted by molar-refractivity contribution is 5.95. The van der Waals surface area contributed by atoms with Crippen LogP contribution >= 0.6 is 0 Å². The van der Waals surface area contributed by atoms with Crippen LogP contribution in [-0.2, 0) is 0 Å². The molecule has 8 heavy (non-hydrogen) atoms. The lowest BCUT2D eigenvalue weighted by molar-refractivity contribution is 0.629. The zero-order chi connectivity index (χ0) is 6.24. The maximum absolute atomic E-state index is 7.14. The molecule has 0 bridgehead atoms. The first-order valence-electron chi connectivity index (χ1n) is 2.30. The smallest absolute Gasteiger partial charge is 0.141 e. The summed E-state index contributed by atoms with van der Waals surface area (Å²) in [6.45, 7) is 0. The fourth-order valence-electron chi connectivity index (χ4n) is 0.313. The third kappa shape index (κ3) is 3.51. The number of hydrogen-bond donors (Lipinski definition) is 1. The summed E-state index contributed by atoms with van der Waals surface area (Å²) in [4.78, 5) is 10.9. The zero-order valence-corrected chi connectivity index (χ0v) is 6.78. The molecule has 0 radical (unpaired) electrons. The number of nitrogens with zero attached hydrogens (tertiary/aromatic N) is 1. The van der Waals surface area contributed by atoms with Crippen LogP contribution in [0.5, 0.6) is 0 Å². The van der Waals surface area contributed by atoms with Crippen molar-refractivity contribution >= 4 is 10.5 Å². The first-order valence-corrected chi connectivity index (χ1v) is 3.19. The Bertz CT molecular complexity index is 84.4. The van der Waals surface area contributed by atoms with Crippen molar-refractivity contribution in [1.82, 2.24) is 4.98 Å². The van der Waals surface area contributed by atoms with Gasteiger partial charge in [-0.1, -0.05) is 6.07 Å². The minimum absolute atomic E-state index is 0.306. The van der Waals surface area contributed by atoms with Crippen LogP contribution in [0.15, 0.2) is 30.6 Å². The topological polar surface area (TPSA) is 33.1 Å². The van der Waals surface area contributed by atoms with E-state index in [-0.39, 0.29) is 0 Å². The van der Waals surface area contributed by atoms with Gasteiger partial charge in [0, 0.05) is 12.4 Å². The zero-order valence-electron chi connectivity index (χ0n) is 4.78. The van der Waals surface area contributed by atoms with Gasteiger partial charge in [0.2, 0.25) is 0 Å². The molecule has 1 N–H and O–H groups in total.